The Labute approximate surface area is 159 Å². The van der Waals surface area contributed by atoms with Gasteiger partial charge in [-0.15, -0.1) is 10.2 Å². The lowest BCUT2D eigenvalue weighted by Gasteiger charge is -2.14. The fourth-order valence-electron chi connectivity index (χ4n) is 2.40. The third kappa shape index (κ3) is 4.62. The first-order chi connectivity index (χ1) is 12.5. The molecular formula is C18H16ClFN4OS. The van der Waals surface area contributed by atoms with Crippen LogP contribution in [0.4, 0.5) is 4.39 Å². The number of amides is 1. The summed E-state index contributed by atoms with van der Waals surface area (Å²) in [6, 6.07) is 13.2. The molecule has 3 aromatic rings. The molecule has 1 atom stereocenters. The van der Waals surface area contributed by atoms with Crippen LogP contribution >= 0.6 is 23.4 Å². The first kappa shape index (κ1) is 18.4. The minimum absolute atomic E-state index is 0.166. The Balaban J connectivity index is 1.61. The molecule has 1 amide bonds. The monoisotopic (exact) mass is 390 g/mol. The van der Waals surface area contributed by atoms with E-state index in [1.807, 2.05) is 19.1 Å². The fourth-order valence-corrected chi connectivity index (χ4v) is 3.32. The van der Waals surface area contributed by atoms with Gasteiger partial charge in [0, 0.05) is 5.02 Å². The number of thioether (sulfide) groups is 1. The van der Waals surface area contributed by atoms with Gasteiger partial charge in [0.2, 0.25) is 5.91 Å². The highest BCUT2D eigenvalue weighted by Gasteiger charge is 2.13. The van der Waals surface area contributed by atoms with Crippen molar-refractivity contribution in [1.29, 1.82) is 0 Å². The molecule has 0 unspecified atom stereocenters. The van der Waals surface area contributed by atoms with Crippen molar-refractivity contribution in [2.75, 3.05) is 5.75 Å². The third-order valence-electron chi connectivity index (χ3n) is 3.66. The summed E-state index contributed by atoms with van der Waals surface area (Å²) >= 11 is 7.28. The van der Waals surface area contributed by atoms with Crippen molar-refractivity contribution in [1.82, 2.24) is 20.1 Å². The van der Waals surface area contributed by atoms with Gasteiger partial charge in [0.05, 0.1) is 17.5 Å². The molecule has 1 aromatic heterocycles. The maximum Gasteiger partial charge on any atom is 0.230 e. The van der Waals surface area contributed by atoms with E-state index in [0.717, 1.165) is 5.69 Å². The van der Waals surface area contributed by atoms with Crippen LogP contribution in [0.15, 0.2) is 60.0 Å². The molecule has 134 valence electrons. The van der Waals surface area contributed by atoms with E-state index >= 15 is 0 Å². The maximum absolute atomic E-state index is 13.3. The summed E-state index contributed by atoms with van der Waals surface area (Å²) < 4.78 is 15.1. The summed E-state index contributed by atoms with van der Waals surface area (Å²) in [6.45, 7) is 1.81. The number of aromatic nitrogens is 3. The van der Waals surface area contributed by atoms with Gasteiger partial charge in [-0.1, -0.05) is 41.6 Å². The molecule has 8 heteroatoms. The van der Waals surface area contributed by atoms with Crippen molar-refractivity contribution < 1.29 is 9.18 Å². The quantitative estimate of drug-likeness (QED) is 0.645. The number of benzene rings is 2. The summed E-state index contributed by atoms with van der Waals surface area (Å²) in [5.74, 6) is -0.334. The Morgan fingerprint density at radius 1 is 1.31 bits per heavy atom. The average molecular weight is 391 g/mol. The van der Waals surface area contributed by atoms with Gasteiger partial charge in [0.15, 0.2) is 5.16 Å². The van der Waals surface area contributed by atoms with Crippen molar-refractivity contribution in [2.24, 2.45) is 0 Å². The minimum atomic E-state index is -0.326. The number of carbonyl (C=O) groups excluding carboxylic acids is 1. The summed E-state index contributed by atoms with van der Waals surface area (Å²) in [7, 11) is 0. The van der Waals surface area contributed by atoms with Crippen LogP contribution in [0.1, 0.15) is 18.5 Å². The molecule has 0 aliphatic heterocycles. The summed E-state index contributed by atoms with van der Waals surface area (Å²) in [5.41, 5.74) is 1.53. The van der Waals surface area contributed by atoms with Crippen LogP contribution in [0, 0.1) is 5.82 Å². The van der Waals surface area contributed by atoms with Crippen LogP contribution in [-0.2, 0) is 4.79 Å². The first-order valence-electron chi connectivity index (χ1n) is 7.86. The molecule has 0 saturated heterocycles. The normalized spacial score (nSPS) is 12.0. The Bertz CT molecular complexity index is 917. The van der Waals surface area contributed by atoms with Crippen LogP contribution in [0.5, 0.6) is 0 Å². The summed E-state index contributed by atoms with van der Waals surface area (Å²) in [6.07, 6.45) is 1.57. The number of carbonyl (C=O) groups is 1. The number of rotatable bonds is 6. The molecule has 0 saturated carbocycles. The van der Waals surface area contributed by atoms with Crippen molar-refractivity contribution in [3.05, 3.63) is 71.3 Å². The Hall–Kier alpha value is -2.38. The molecule has 0 aliphatic carbocycles. The summed E-state index contributed by atoms with van der Waals surface area (Å²) in [4.78, 5) is 12.2. The average Bonchev–Trinajstić information content (AvgIpc) is 3.08. The Morgan fingerprint density at radius 3 is 2.88 bits per heavy atom. The second-order valence-electron chi connectivity index (χ2n) is 5.60. The van der Waals surface area contributed by atoms with Crippen molar-refractivity contribution in [2.45, 2.75) is 18.1 Å². The molecule has 0 fully saturated rings. The van der Waals surface area contributed by atoms with Crippen LogP contribution in [0.3, 0.4) is 0 Å². The SMILES string of the molecule is C[C@@H](NC(=O)CSc1nncn1-c1cccc(Cl)c1)c1cccc(F)c1. The van der Waals surface area contributed by atoms with E-state index in [1.165, 1.54) is 23.9 Å². The number of hydrogen-bond donors (Lipinski definition) is 1. The van der Waals surface area contributed by atoms with Gasteiger partial charge in [-0.05, 0) is 42.8 Å². The highest BCUT2D eigenvalue weighted by atomic mass is 35.5. The number of halogens is 2. The van der Waals surface area contributed by atoms with Gasteiger partial charge < -0.3 is 5.32 Å². The number of hydrogen-bond acceptors (Lipinski definition) is 4. The van der Waals surface area contributed by atoms with E-state index in [0.29, 0.717) is 15.7 Å². The highest BCUT2D eigenvalue weighted by molar-refractivity contribution is 7.99. The predicted octanol–water partition coefficient (Wildman–Crippen LogP) is 4.03. The molecule has 0 bridgehead atoms. The highest BCUT2D eigenvalue weighted by Crippen LogP contribution is 2.22. The zero-order chi connectivity index (χ0) is 18.5. The van der Waals surface area contributed by atoms with Gasteiger partial charge in [-0.25, -0.2) is 4.39 Å². The van der Waals surface area contributed by atoms with E-state index < -0.39 is 0 Å². The van der Waals surface area contributed by atoms with E-state index in [4.69, 9.17) is 11.6 Å². The van der Waals surface area contributed by atoms with Crippen LogP contribution in [0.25, 0.3) is 5.69 Å². The molecule has 2 aromatic carbocycles. The van der Waals surface area contributed by atoms with Gasteiger partial charge in [0.25, 0.3) is 0 Å². The van der Waals surface area contributed by atoms with Crippen molar-refractivity contribution in [3.63, 3.8) is 0 Å². The standard InChI is InChI=1S/C18H16ClFN4OS/c1-12(13-4-2-6-15(20)8-13)22-17(25)10-26-18-23-21-11-24(18)16-7-3-5-14(19)9-16/h2-9,11-12H,10H2,1H3,(H,22,25)/t12-/m1/s1. The molecule has 0 aliphatic rings. The Kier molecular flexibility index (Phi) is 5.90. The molecule has 5 nitrogen and oxygen atoms in total. The van der Waals surface area contributed by atoms with E-state index in [1.54, 1.807) is 35.2 Å². The zero-order valence-corrected chi connectivity index (χ0v) is 15.5. The van der Waals surface area contributed by atoms with Gasteiger partial charge in [-0.2, -0.15) is 0 Å². The van der Waals surface area contributed by atoms with Crippen molar-refractivity contribution >= 4 is 29.3 Å². The summed E-state index contributed by atoms with van der Waals surface area (Å²) in [5, 5.41) is 12.0. The lowest BCUT2D eigenvalue weighted by molar-refractivity contribution is -0.119. The van der Waals surface area contributed by atoms with Crippen molar-refractivity contribution in [3.8, 4) is 5.69 Å². The third-order valence-corrected chi connectivity index (χ3v) is 4.84. The molecule has 1 heterocycles. The minimum Gasteiger partial charge on any atom is -0.349 e. The molecule has 3 rings (SSSR count). The van der Waals surface area contributed by atoms with E-state index in [2.05, 4.69) is 15.5 Å². The molecule has 1 N–H and O–H groups in total. The van der Waals surface area contributed by atoms with E-state index in [-0.39, 0.29) is 23.5 Å². The van der Waals surface area contributed by atoms with Crippen LogP contribution < -0.4 is 5.32 Å². The van der Waals surface area contributed by atoms with Gasteiger partial charge >= 0.3 is 0 Å². The van der Waals surface area contributed by atoms with Gasteiger partial charge in [-0.3, -0.25) is 9.36 Å². The molecule has 26 heavy (non-hydrogen) atoms. The zero-order valence-electron chi connectivity index (χ0n) is 13.9. The largest absolute Gasteiger partial charge is 0.349 e. The lowest BCUT2D eigenvalue weighted by Crippen LogP contribution is -2.28. The number of nitrogens with one attached hydrogen (secondary N) is 1. The van der Waals surface area contributed by atoms with E-state index in [9.17, 15) is 9.18 Å². The fraction of sp³-hybridized carbons (Fsp3) is 0.167. The smallest absolute Gasteiger partial charge is 0.230 e. The second-order valence-corrected chi connectivity index (χ2v) is 6.98. The second kappa shape index (κ2) is 8.33. The topological polar surface area (TPSA) is 59.8 Å². The lowest BCUT2D eigenvalue weighted by atomic mass is 10.1. The predicted molar refractivity (Wildman–Crippen MR) is 100 cm³/mol. The van der Waals surface area contributed by atoms with Crippen LogP contribution in [-0.4, -0.2) is 26.4 Å². The molecule has 0 spiro atoms. The number of nitrogens with zero attached hydrogens (tertiary/aromatic N) is 3. The van der Waals surface area contributed by atoms with Crippen LogP contribution in [0.2, 0.25) is 5.02 Å². The Morgan fingerprint density at radius 2 is 2.12 bits per heavy atom. The maximum atomic E-state index is 13.3. The first-order valence-corrected chi connectivity index (χ1v) is 9.23. The molecular weight excluding hydrogens is 375 g/mol. The molecule has 0 radical (unpaired) electrons. The van der Waals surface area contributed by atoms with Gasteiger partial charge in [0.1, 0.15) is 12.1 Å².